The van der Waals surface area contributed by atoms with Gasteiger partial charge in [0, 0.05) is 25.0 Å². The Kier molecular flexibility index (Phi) is 4.84. The van der Waals surface area contributed by atoms with Crippen molar-refractivity contribution in [1.82, 2.24) is 9.88 Å². The number of amides is 1. The number of nitrogens with zero attached hydrogens (tertiary/aromatic N) is 2. The fourth-order valence-electron chi connectivity index (χ4n) is 3.14. The maximum absolute atomic E-state index is 13.2. The second-order valence-corrected chi connectivity index (χ2v) is 6.80. The summed E-state index contributed by atoms with van der Waals surface area (Å²) in [5.41, 5.74) is 2.58. The number of rotatable bonds is 6. The lowest BCUT2D eigenvalue weighted by Gasteiger charge is -2.29. The molecule has 0 saturated heterocycles. The number of anilines is 1. The molecule has 1 aliphatic rings. The van der Waals surface area contributed by atoms with Gasteiger partial charge in [-0.15, -0.1) is 0 Å². The Labute approximate surface area is 143 Å². The highest BCUT2D eigenvalue weighted by Crippen LogP contribution is 2.44. The van der Waals surface area contributed by atoms with Gasteiger partial charge in [0.15, 0.2) is 0 Å². The summed E-state index contributed by atoms with van der Waals surface area (Å²) in [7, 11) is 1.89. The molecule has 4 nitrogen and oxygen atoms in total. The smallest absolute Gasteiger partial charge is 0.256 e. The first-order chi connectivity index (χ1) is 11.6. The fourth-order valence-corrected chi connectivity index (χ4v) is 3.14. The number of carbonyl (C=O) groups is 1. The minimum Gasteiger partial charge on any atom is -0.382 e. The van der Waals surface area contributed by atoms with E-state index < -0.39 is 0 Å². The average molecular weight is 323 g/mol. The second kappa shape index (κ2) is 7.04. The van der Waals surface area contributed by atoms with Crippen LogP contribution in [0.5, 0.6) is 0 Å². The van der Waals surface area contributed by atoms with E-state index in [1.165, 1.54) is 0 Å². The molecule has 1 amide bonds. The highest BCUT2D eigenvalue weighted by molar-refractivity contribution is 5.99. The number of aromatic nitrogens is 1. The number of para-hydroxylation sites is 1. The molecule has 1 aliphatic carbocycles. The zero-order valence-electron chi connectivity index (χ0n) is 14.6. The van der Waals surface area contributed by atoms with E-state index in [1.54, 1.807) is 6.20 Å². The van der Waals surface area contributed by atoms with Crippen molar-refractivity contribution >= 4 is 11.6 Å². The molecule has 1 aromatic carbocycles. The molecule has 0 spiro atoms. The molecule has 2 aromatic rings. The van der Waals surface area contributed by atoms with Crippen LogP contribution in [0.15, 0.2) is 48.7 Å². The van der Waals surface area contributed by atoms with Crippen molar-refractivity contribution in [2.45, 2.75) is 38.8 Å². The van der Waals surface area contributed by atoms with Gasteiger partial charge in [0.05, 0.1) is 17.3 Å². The molecule has 4 heteroatoms. The molecule has 0 bridgehead atoms. The van der Waals surface area contributed by atoms with E-state index in [4.69, 9.17) is 0 Å². The van der Waals surface area contributed by atoms with Crippen LogP contribution in [-0.4, -0.2) is 28.9 Å². The van der Waals surface area contributed by atoms with Crippen LogP contribution in [0, 0.1) is 5.92 Å². The van der Waals surface area contributed by atoms with Crippen molar-refractivity contribution < 1.29 is 4.79 Å². The van der Waals surface area contributed by atoms with Crippen molar-refractivity contribution in [2.24, 2.45) is 5.92 Å². The molecule has 3 rings (SSSR count). The highest BCUT2D eigenvalue weighted by atomic mass is 16.2. The van der Waals surface area contributed by atoms with Crippen molar-refractivity contribution in [3.05, 3.63) is 59.9 Å². The Hall–Kier alpha value is -2.36. The van der Waals surface area contributed by atoms with E-state index >= 15 is 0 Å². The molecule has 1 fully saturated rings. The molecule has 24 heavy (non-hydrogen) atoms. The Morgan fingerprint density at radius 2 is 1.88 bits per heavy atom. The largest absolute Gasteiger partial charge is 0.382 e. The average Bonchev–Trinajstić information content (AvgIpc) is 3.40. The van der Waals surface area contributed by atoms with Crippen LogP contribution in [-0.2, 0) is 0 Å². The number of hydrogen-bond donors (Lipinski definition) is 1. The van der Waals surface area contributed by atoms with Gasteiger partial charge in [-0.1, -0.05) is 18.2 Å². The minimum atomic E-state index is 0.0429. The molecule has 1 N–H and O–H groups in total. The van der Waals surface area contributed by atoms with Gasteiger partial charge in [-0.3, -0.25) is 9.78 Å². The third-order valence-corrected chi connectivity index (χ3v) is 4.40. The van der Waals surface area contributed by atoms with E-state index in [0.717, 1.165) is 29.8 Å². The summed E-state index contributed by atoms with van der Waals surface area (Å²) >= 11 is 0. The summed E-state index contributed by atoms with van der Waals surface area (Å²) in [6.45, 7) is 4.15. The topological polar surface area (TPSA) is 45.2 Å². The van der Waals surface area contributed by atoms with Gasteiger partial charge in [0.1, 0.15) is 0 Å². The third-order valence-electron chi connectivity index (χ3n) is 4.40. The van der Waals surface area contributed by atoms with Crippen LogP contribution in [0.2, 0.25) is 0 Å². The lowest BCUT2D eigenvalue weighted by Crippen LogP contribution is -2.33. The molecule has 0 aliphatic heterocycles. The lowest BCUT2D eigenvalue weighted by molar-refractivity contribution is 0.0708. The maximum Gasteiger partial charge on any atom is 0.256 e. The SMILES string of the molecule is CC(C)Nc1ccccc1C(=O)N(C)C(c1ccccn1)C1CC1. The maximum atomic E-state index is 13.2. The normalized spacial score (nSPS) is 15.2. The van der Waals surface area contributed by atoms with Crippen LogP contribution in [0.4, 0.5) is 5.69 Å². The molecular weight excluding hydrogens is 298 g/mol. The summed E-state index contributed by atoms with van der Waals surface area (Å²) in [5, 5.41) is 3.37. The van der Waals surface area contributed by atoms with E-state index in [-0.39, 0.29) is 18.0 Å². The summed E-state index contributed by atoms with van der Waals surface area (Å²) in [6.07, 6.45) is 4.12. The van der Waals surface area contributed by atoms with Gasteiger partial charge in [0.25, 0.3) is 5.91 Å². The first kappa shape index (κ1) is 16.5. The number of hydrogen-bond acceptors (Lipinski definition) is 3. The van der Waals surface area contributed by atoms with Gasteiger partial charge >= 0.3 is 0 Å². The van der Waals surface area contributed by atoms with Crippen LogP contribution >= 0.6 is 0 Å². The number of pyridine rings is 1. The number of carbonyl (C=O) groups excluding carboxylic acids is 1. The first-order valence-corrected chi connectivity index (χ1v) is 8.61. The van der Waals surface area contributed by atoms with Crippen molar-refractivity contribution in [3.63, 3.8) is 0 Å². The molecule has 0 radical (unpaired) electrons. The summed E-state index contributed by atoms with van der Waals surface area (Å²) in [4.78, 5) is 19.5. The van der Waals surface area contributed by atoms with Crippen LogP contribution in [0.25, 0.3) is 0 Å². The molecular formula is C20H25N3O. The summed E-state index contributed by atoms with van der Waals surface area (Å²) < 4.78 is 0. The van der Waals surface area contributed by atoms with Crippen LogP contribution in [0.1, 0.15) is 48.8 Å². The fraction of sp³-hybridized carbons (Fsp3) is 0.400. The van der Waals surface area contributed by atoms with E-state index in [1.807, 2.05) is 54.4 Å². The van der Waals surface area contributed by atoms with Crippen molar-refractivity contribution in [3.8, 4) is 0 Å². The predicted molar refractivity (Wildman–Crippen MR) is 97.0 cm³/mol. The van der Waals surface area contributed by atoms with Gasteiger partial charge < -0.3 is 10.2 Å². The van der Waals surface area contributed by atoms with Crippen molar-refractivity contribution in [1.29, 1.82) is 0 Å². The zero-order chi connectivity index (χ0) is 17.1. The van der Waals surface area contributed by atoms with Crippen LogP contribution in [0.3, 0.4) is 0 Å². The van der Waals surface area contributed by atoms with E-state index in [9.17, 15) is 4.79 Å². The molecule has 1 atom stereocenters. The van der Waals surface area contributed by atoms with Gasteiger partial charge in [-0.25, -0.2) is 0 Å². The standard InChI is InChI=1S/C20H25N3O/c1-14(2)22-17-9-5-4-8-16(17)20(24)23(3)19(15-11-12-15)18-10-6-7-13-21-18/h4-10,13-15,19,22H,11-12H2,1-3H3. The third kappa shape index (κ3) is 3.58. The molecule has 1 aromatic heterocycles. The van der Waals surface area contributed by atoms with Crippen LogP contribution < -0.4 is 5.32 Å². The zero-order valence-corrected chi connectivity index (χ0v) is 14.6. The number of nitrogens with one attached hydrogen (secondary N) is 1. The minimum absolute atomic E-state index is 0.0429. The van der Waals surface area contributed by atoms with Gasteiger partial charge in [-0.2, -0.15) is 0 Å². The number of benzene rings is 1. The summed E-state index contributed by atoms with van der Waals surface area (Å²) in [6, 6.07) is 14.0. The Balaban J connectivity index is 1.89. The highest BCUT2D eigenvalue weighted by Gasteiger charge is 2.38. The first-order valence-electron chi connectivity index (χ1n) is 8.61. The van der Waals surface area contributed by atoms with E-state index in [2.05, 4.69) is 24.1 Å². The van der Waals surface area contributed by atoms with Gasteiger partial charge in [-0.05, 0) is 56.9 Å². The molecule has 126 valence electrons. The van der Waals surface area contributed by atoms with Crippen molar-refractivity contribution in [2.75, 3.05) is 12.4 Å². The van der Waals surface area contributed by atoms with E-state index in [0.29, 0.717) is 5.92 Å². The molecule has 1 heterocycles. The Bertz CT molecular complexity index is 695. The second-order valence-electron chi connectivity index (χ2n) is 6.80. The summed E-state index contributed by atoms with van der Waals surface area (Å²) in [5.74, 6) is 0.556. The molecule has 1 unspecified atom stereocenters. The Morgan fingerprint density at radius 1 is 1.17 bits per heavy atom. The predicted octanol–water partition coefficient (Wildman–Crippen LogP) is 4.13. The Morgan fingerprint density at radius 3 is 2.50 bits per heavy atom. The van der Waals surface area contributed by atoms with Gasteiger partial charge in [0.2, 0.25) is 0 Å². The molecule has 1 saturated carbocycles. The monoisotopic (exact) mass is 323 g/mol. The quantitative estimate of drug-likeness (QED) is 0.869. The lowest BCUT2D eigenvalue weighted by atomic mass is 10.0.